The van der Waals surface area contributed by atoms with E-state index in [0.29, 0.717) is 5.92 Å². The van der Waals surface area contributed by atoms with Crippen LogP contribution in [-0.2, 0) is 0 Å². The van der Waals surface area contributed by atoms with Crippen LogP contribution in [-0.4, -0.2) is 24.3 Å². The molecule has 0 heterocycles. The summed E-state index contributed by atoms with van der Waals surface area (Å²) >= 11 is 0. The standard InChI is InChI=1S/C9H17NO/c1-4-5-6-10-9(7-11)8(2)3/h1,8-11H,5-7H2,2-3H3. The number of aliphatic hydroxyl groups excluding tert-OH is 1. The summed E-state index contributed by atoms with van der Waals surface area (Å²) in [6.07, 6.45) is 5.81. The molecular weight excluding hydrogens is 138 g/mol. The van der Waals surface area contributed by atoms with Gasteiger partial charge in [-0.1, -0.05) is 13.8 Å². The van der Waals surface area contributed by atoms with Crippen molar-refractivity contribution in [2.75, 3.05) is 13.2 Å². The molecule has 1 atom stereocenters. The van der Waals surface area contributed by atoms with Crippen molar-refractivity contribution in [3.63, 3.8) is 0 Å². The molecule has 0 spiro atoms. The van der Waals surface area contributed by atoms with Gasteiger partial charge in [0.2, 0.25) is 0 Å². The maximum atomic E-state index is 8.88. The summed E-state index contributed by atoms with van der Waals surface area (Å²) in [5.74, 6) is 3.00. The first-order chi connectivity index (χ1) is 5.22. The molecule has 1 unspecified atom stereocenters. The van der Waals surface area contributed by atoms with Gasteiger partial charge in [0, 0.05) is 19.0 Å². The Morgan fingerprint density at radius 3 is 2.55 bits per heavy atom. The van der Waals surface area contributed by atoms with Crippen molar-refractivity contribution in [2.45, 2.75) is 26.3 Å². The molecule has 2 nitrogen and oxygen atoms in total. The van der Waals surface area contributed by atoms with Crippen LogP contribution in [0.4, 0.5) is 0 Å². The fourth-order valence-corrected chi connectivity index (χ4v) is 0.841. The van der Waals surface area contributed by atoms with Gasteiger partial charge in [-0.25, -0.2) is 0 Å². The minimum absolute atomic E-state index is 0.183. The van der Waals surface area contributed by atoms with Crippen LogP contribution < -0.4 is 5.32 Å². The second kappa shape index (κ2) is 6.21. The Morgan fingerprint density at radius 2 is 2.18 bits per heavy atom. The third-order valence-corrected chi connectivity index (χ3v) is 1.68. The first-order valence-corrected chi connectivity index (χ1v) is 4.00. The van der Waals surface area contributed by atoms with E-state index >= 15 is 0 Å². The molecule has 0 aliphatic rings. The van der Waals surface area contributed by atoms with E-state index in [9.17, 15) is 0 Å². The van der Waals surface area contributed by atoms with Crippen molar-refractivity contribution < 1.29 is 5.11 Å². The van der Waals surface area contributed by atoms with Crippen molar-refractivity contribution in [3.05, 3.63) is 0 Å². The summed E-state index contributed by atoms with van der Waals surface area (Å²) in [5, 5.41) is 12.1. The maximum absolute atomic E-state index is 8.88. The number of aliphatic hydroxyl groups is 1. The molecule has 0 saturated carbocycles. The molecule has 0 aliphatic carbocycles. The second-order valence-electron chi connectivity index (χ2n) is 2.94. The Hall–Kier alpha value is -0.520. The summed E-state index contributed by atoms with van der Waals surface area (Å²) in [4.78, 5) is 0. The van der Waals surface area contributed by atoms with Crippen molar-refractivity contribution in [1.82, 2.24) is 5.32 Å². The third kappa shape index (κ3) is 4.83. The molecule has 2 N–H and O–H groups in total. The zero-order valence-corrected chi connectivity index (χ0v) is 7.30. The van der Waals surface area contributed by atoms with E-state index < -0.39 is 0 Å². The average molecular weight is 155 g/mol. The van der Waals surface area contributed by atoms with Crippen LogP contribution in [0.25, 0.3) is 0 Å². The number of terminal acetylenes is 1. The predicted molar refractivity (Wildman–Crippen MR) is 47.2 cm³/mol. The molecular formula is C9H17NO. The SMILES string of the molecule is C#CCCNC(CO)C(C)C. The molecule has 0 amide bonds. The number of hydrogen-bond acceptors (Lipinski definition) is 2. The van der Waals surface area contributed by atoms with Crippen LogP contribution in [0.3, 0.4) is 0 Å². The van der Waals surface area contributed by atoms with Crippen LogP contribution in [0.1, 0.15) is 20.3 Å². The first-order valence-electron chi connectivity index (χ1n) is 4.00. The highest BCUT2D eigenvalue weighted by Gasteiger charge is 2.09. The molecule has 0 aromatic rings. The second-order valence-corrected chi connectivity index (χ2v) is 2.94. The highest BCUT2D eigenvalue weighted by atomic mass is 16.3. The number of rotatable bonds is 5. The Morgan fingerprint density at radius 1 is 1.55 bits per heavy atom. The van der Waals surface area contributed by atoms with E-state index in [0.717, 1.165) is 13.0 Å². The average Bonchev–Trinajstić information content (AvgIpc) is 1.97. The lowest BCUT2D eigenvalue weighted by molar-refractivity contribution is 0.212. The molecule has 0 bridgehead atoms. The lowest BCUT2D eigenvalue weighted by atomic mass is 10.1. The molecule has 0 radical (unpaired) electrons. The molecule has 0 aliphatic heterocycles. The van der Waals surface area contributed by atoms with Crippen LogP contribution in [0.15, 0.2) is 0 Å². The Bertz CT molecular complexity index is 126. The largest absolute Gasteiger partial charge is 0.395 e. The summed E-state index contributed by atoms with van der Waals surface area (Å²) in [7, 11) is 0. The van der Waals surface area contributed by atoms with E-state index in [1.54, 1.807) is 0 Å². The van der Waals surface area contributed by atoms with E-state index in [4.69, 9.17) is 11.5 Å². The van der Waals surface area contributed by atoms with Gasteiger partial charge in [0.05, 0.1) is 6.61 Å². The van der Waals surface area contributed by atoms with Crippen molar-refractivity contribution in [3.8, 4) is 12.3 Å². The Kier molecular flexibility index (Phi) is 5.91. The lowest BCUT2D eigenvalue weighted by Crippen LogP contribution is -2.37. The summed E-state index contributed by atoms with van der Waals surface area (Å²) in [5.41, 5.74) is 0. The maximum Gasteiger partial charge on any atom is 0.0587 e. The van der Waals surface area contributed by atoms with Gasteiger partial charge in [0.25, 0.3) is 0 Å². The normalized spacial score (nSPS) is 13.0. The van der Waals surface area contributed by atoms with Crippen LogP contribution in [0.2, 0.25) is 0 Å². The number of nitrogens with one attached hydrogen (secondary N) is 1. The molecule has 11 heavy (non-hydrogen) atoms. The molecule has 64 valence electrons. The first kappa shape index (κ1) is 10.5. The van der Waals surface area contributed by atoms with Gasteiger partial charge in [-0.05, 0) is 5.92 Å². The fourth-order valence-electron chi connectivity index (χ4n) is 0.841. The van der Waals surface area contributed by atoms with Crippen LogP contribution >= 0.6 is 0 Å². The van der Waals surface area contributed by atoms with Crippen LogP contribution in [0.5, 0.6) is 0 Å². The Balaban J connectivity index is 3.46. The summed E-state index contributed by atoms with van der Waals surface area (Å²) in [6, 6.07) is 0.184. The lowest BCUT2D eigenvalue weighted by Gasteiger charge is -2.18. The summed E-state index contributed by atoms with van der Waals surface area (Å²) in [6.45, 7) is 5.12. The zero-order valence-electron chi connectivity index (χ0n) is 7.30. The van der Waals surface area contributed by atoms with E-state index in [2.05, 4.69) is 25.1 Å². The Labute approximate surface area is 69.0 Å². The highest BCUT2D eigenvalue weighted by Crippen LogP contribution is 1.99. The van der Waals surface area contributed by atoms with Gasteiger partial charge >= 0.3 is 0 Å². The minimum Gasteiger partial charge on any atom is -0.395 e. The predicted octanol–water partition coefficient (Wildman–Crippen LogP) is 0.616. The molecule has 0 saturated heterocycles. The molecule has 2 heteroatoms. The van der Waals surface area contributed by atoms with Crippen LogP contribution in [0, 0.1) is 18.3 Å². The molecule has 0 aromatic heterocycles. The van der Waals surface area contributed by atoms with Gasteiger partial charge in [-0.2, -0.15) is 0 Å². The fraction of sp³-hybridized carbons (Fsp3) is 0.778. The van der Waals surface area contributed by atoms with Crippen molar-refractivity contribution in [2.24, 2.45) is 5.92 Å². The monoisotopic (exact) mass is 155 g/mol. The van der Waals surface area contributed by atoms with Gasteiger partial charge in [0.1, 0.15) is 0 Å². The van der Waals surface area contributed by atoms with E-state index in [-0.39, 0.29) is 12.6 Å². The van der Waals surface area contributed by atoms with E-state index in [1.807, 2.05) is 0 Å². The van der Waals surface area contributed by atoms with Gasteiger partial charge in [0.15, 0.2) is 0 Å². The summed E-state index contributed by atoms with van der Waals surface area (Å²) < 4.78 is 0. The highest BCUT2D eigenvalue weighted by molar-refractivity contribution is 4.85. The third-order valence-electron chi connectivity index (χ3n) is 1.68. The molecule has 0 aromatic carbocycles. The van der Waals surface area contributed by atoms with Gasteiger partial charge < -0.3 is 10.4 Å². The topological polar surface area (TPSA) is 32.3 Å². The number of hydrogen-bond donors (Lipinski definition) is 2. The van der Waals surface area contributed by atoms with Crippen molar-refractivity contribution >= 4 is 0 Å². The minimum atomic E-state index is 0.183. The zero-order chi connectivity index (χ0) is 8.69. The quantitative estimate of drug-likeness (QED) is 0.450. The van der Waals surface area contributed by atoms with E-state index in [1.165, 1.54) is 0 Å². The van der Waals surface area contributed by atoms with Gasteiger partial charge in [-0.3, -0.25) is 0 Å². The smallest absolute Gasteiger partial charge is 0.0587 e. The molecule has 0 fully saturated rings. The molecule has 0 rings (SSSR count). The van der Waals surface area contributed by atoms with Gasteiger partial charge in [-0.15, -0.1) is 12.3 Å². The van der Waals surface area contributed by atoms with Crippen molar-refractivity contribution in [1.29, 1.82) is 0 Å².